The SMILES string of the molecule is O=C(O)c1c2c(nc3cc(Br)ccc13)C1CCC2C1. The Bertz CT molecular complexity index is 726. The van der Waals surface area contributed by atoms with Crippen LogP contribution in [0.2, 0.25) is 0 Å². The van der Waals surface area contributed by atoms with E-state index >= 15 is 0 Å². The lowest BCUT2D eigenvalue weighted by molar-refractivity contribution is 0.0697. The van der Waals surface area contributed by atoms with E-state index in [9.17, 15) is 9.90 Å². The summed E-state index contributed by atoms with van der Waals surface area (Å²) in [6.07, 6.45) is 3.35. The number of carboxylic acids is 1. The van der Waals surface area contributed by atoms with Crippen LogP contribution in [0, 0.1) is 0 Å². The number of benzene rings is 1. The topological polar surface area (TPSA) is 50.2 Å². The molecule has 4 rings (SSSR count). The molecule has 2 unspecified atom stereocenters. The summed E-state index contributed by atoms with van der Waals surface area (Å²) in [5, 5.41) is 10.4. The van der Waals surface area contributed by atoms with Crippen molar-refractivity contribution in [3.05, 3.63) is 39.5 Å². The van der Waals surface area contributed by atoms with E-state index in [1.807, 2.05) is 18.2 Å². The molecule has 1 aromatic carbocycles. The second kappa shape index (κ2) is 3.79. The van der Waals surface area contributed by atoms with Crippen LogP contribution >= 0.6 is 15.9 Å². The van der Waals surface area contributed by atoms with E-state index in [2.05, 4.69) is 15.9 Å². The molecule has 19 heavy (non-hydrogen) atoms. The summed E-state index contributed by atoms with van der Waals surface area (Å²) in [6.45, 7) is 0. The third-order valence-corrected chi connectivity index (χ3v) is 4.95. The molecule has 2 aliphatic carbocycles. The molecule has 1 fully saturated rings. The summed E-state index contributed by atoms with van der Waals surface area (Å²) in [4.78, 5) is 16.4. The van der Waals surface area contributed by atoms with E-state index in [-0.39, 0.29) is 0 Å². The van der Waals surface area contributed by atoms with Gasteiger partial charge in [0.05, 0.1) is 11.1 Å². The third-order valence-electron chi connectivity index (χ3n) is 4.46. The first-order valence-electron chi connectivity index (χ1n) is 6.51. The van der Waals surface area contributed by atoms with Gasteiger partial charge >= 0.3 is 5.97 Å². The summed E-state index contributed by atoms with van der Waals surface area (Å²) in [7, 11) is 0. The largest absolute Gasteiger partial charge is 0.478 e. The van der Waals surface area contributed by atoms with E-state index in [0.29, 0.717) is 17.4 Å². The Balaban J connectivity index is 2.14. The zero-order valence-corrected chi connectivity index (χ0v) is 11.8. The number of rotatable bonds is 1. The second-order valence-electron chi connectivity index (χ2n) is 5.46. The number of pyridine rings is 1. The van der Waals surface area contributed by atoms with Gasteiger partial charge in [0.1, 0.15) is 0 Å². The van der Waals surface area contributed by atoms with Crippen LogP contribution in [0.3, 0.4) is 0 Å². The highest BCUT2D eigenvalue weighted by Crippen LogP contribution is 2.54. The van der Waals surface area contributed by atoms with Crippen molar-refractivity contribution in [3.63, 3.8) is 0 Å². The number of halogens is 1. The highest BCUT2D eigenvalue weighted by Gasteiger charge is 2.41. The van der Waals surface area contributed by atoms with Crippen molar-refractivity contribution >= 4 is 32.8 Å². The summed E-state index contributed by atoms with van der Waals surface area (Å²) in [5.74, 6) is 0.0617. The van der Waals surface area contributed by atoms with Gasteiger partial charge in [-0.25, -0.2) is 4.79 Å². The van der Waals surface area contributed by atoms with Gasteiger partial charge in [0.2, 0.25) is 0 Å². The number of nitrogens with zero attached hydrogens (tertiary/aromatic N) is 1. The molecule has 1 aromatic heterocycles. The first-order chi connectivity index (χ1) is 9.15. The summed E-state index contributed by atoms with van der Waals surface area (Å²) in [5.41, 5.74) is 3.33. The monoisotopic (exact) mass is 317 g/mol. The number of aromatic carboxylic acids is 1. The van der Waals surface area contributed by atoms with E-state index < -0.39 is 5.97 Å². The molecule has 96 valence electrons. The normalized spacial score (nSPS) is 23.8. The molecule has 0 spiro atoms. The third kappa shape index (κ3) is 1.49. The van der Waals surface area contributed by atoms with E-state index in [1.54, 1.807) is 0 Å². The van der Waals surface area contributed by atoms with Crippen molar-refractivity contribution in [1.82, 2.24) is 4.98 Å². The Morgan fingerprint density at radius 1 is 1.32 bits per heavy atom. The first kappa shape index (κ1) is 11.4. The van der Waals surface area contributed by atoms with Crippen LogP contribution in [-0.2, 0) is 0 Å². The quantitative estimate of drug-likeness (QED) is 0.862. The molecule has 1 saturated carbocycles. The van der Waals surface area contributed by atoms with Gasteiger partial charge in [-0.3, -0.25) is 4.98 Å². The molecule has 0 radical (unpaired) electrons. The van der Waals surface area contributed by atoms with Gasteiger partial charge in [0, 0.05) is 21.5 Å². The van der Waals surface area contributed by atoms with Crippen molar-refractivity contribution in [3.8, 4) is 0 Å². The molecule has 2 atom stereocenters. The maximum atomic E-state index is 11.7. The average Bonchev–Trinajstić information content (AvgIpc) is 2.96. The van der Waals surface area contributed by atoms with Crippen molar-refractivity contribution < 1.29 is 9.90 Å². The zero-order valence-electron chi connectivity index (χ0n) is 10.2. The fraction of sp³-hybridized carbons (Fsp3) is 0.333. The molecule has 4 heteroatoms. The van der Waals surface area contributed by atoms with Crippen LogP contribution in [0.4, 0.5) is 0 Å². The van der Waals surface area contributed by atoms with Crippen molar-refractivity contribution in [2.45, 2.75) is 31.1 Å². The van der Waals surface area contributed by atoms with E-state index in [4.69, 9.17) is 4.98 Å². The minimum absolute atomic E-state index is 0.409. The van der Waals surface area contributed by atoms with Crippen LogP contribution in [-0.4, -0.2) is 16.1 Å². The lowest BCUT2D eigenvalue weighted by Crippen LogP contribution is -2.10. The highest BCUT2D eigenvalue weighted by atomic mass is 79.9. The fourth-order valence-corrected chi connectivity index (χ4v) is 4.07. The summed E-state index contributed by atoms with van der Waals surface area (Å²) >= 11 is 3.43. The second-order valence-corrected chi connectivity index (χ2v) is 6.37. The number of hydrogen-bond acceptors (Lipinski definition) is 2. The fourth-order valence-electron chi connectivity index (χ4n) is 3.72. The molecular weight excluding hydrogens is 306 g/mol. The first-order valence-corrected chi connectivity index (χ1v) is 7.31. The predicted molar refractivity (Wildman–Crippen MR) is 75.7 cm³/mol. The number of hydrogen-bond donors (Lipinski definition) is 1. The van der Waals surface area contributed by atoms with Crippen LogP contribution in [0.25, 0.3) is 10.9 Å². The van der Waals surface area contributed by atoms with Crippen molar-refractivity contribution in [2.24, 2.45) is 0 Å². The number of aromatic nitrogens is 1. The van der Waals surface area contributed by atoms with E-state index in [0.717, 1.165) is 45.9 Å². The molecule has 2 bridgehead atoms. The minimum atomic E-state index is -0.821. The molecule has 2 aliphatic rings. The Labute approximate surface area is 118 Å². The van der Waals surface area contributed by atoms with Gasteiger partial charge in [0.15, 0.2) is 0 Å². The smallest absolute Gasteiger partial charge is 0.336 e. The Hall–Kier alpha value is -1.42. The Kier molecular flexibility index (Phi) is 2.28. The molecule has 0 aliphatic heterocycles. The molecule has 2 aromatic rings. The maximum absolute atomic E-state index is 11.7. The number of carbonyl (C=O) groups is 1. The Morgan fingerprint density at radius 3 is 2.89 bits per heavy atom. The van der Waals surface area contributed by atoms with Crippen LogP contribution < -0.4 is 0 Å². The molecular formula is C15H12BrNO2. The lowest BCUT2D eigenvalue weighted by Gasteiger charge is -2.18. The molecule has 0 saturated heterocycles. The van der Waals surface area contributed by atoms with Crippen molar-refractivity contribution in [1.29, 1.82) is 0 Å². The number of fused-ring (bicyclic) bond motifs is 6. The number of carboxylic acid groups (broad SMARTS) is 1. The van der Waals surface area contributed by atoms with Crippen LogP contribution in [0.5, 0.6) is 0 Å². The van der Waals surface area contributed by atoms with Gasteiger partial charge in [-0.1, -0.05) is 22.0 Å². The van der Waals surface area contributed by atoms with Gasteiger partial charge in [-0.2, -0.15) is 0 Å². The summed E-state index contributed by atoms with van der Waals surface area (Å²) < 4.78 is 0.937. The molecule has 1 heterocycles. The molecule has 0 amide bonds. The standard InChI is InChI=1S/C15H12BrNO2/c16-9-3-4-10-11(6-9)17-14-8-2-1-7(5-8)12(14)13(10)15(18)19/h3-4,6-8H,1-2,5H2,(H,18,19). The predicted octanol–water partition coefficient (Wildman–Crippen LogP) is 4.06. The van der Waals surface area contributed by atoms with Gasteiger partial charge < -0.3 is 5.11 Å². The van der Waals surface area contributed by atoms with Gasteiger partial charge in [-0.05, 0) is 42.9 Å². The molecule has 1 N–H and O–H groups in total. The van der Waals surface area contributed by atoms with Gasteiger partial charge in [0.25, 0.3) is 0 Å². The van der Waals surface area contributed by atoms with Crippen LogP contribution in [0.15, 0.2) is 22.7 Å². The Morgan fingerprint density at radius 2 is 2.11 bits per heavy atom. The van der Waals surface area contributed by atoms with Crippen LogP contribution in [0.1, 0.15) is 52.7 Å². The highest BCUT2D eigenvalue weighted by molar-refractivity contribution is 9.10. The zero-order chi connectivity index (χ0) is 13.1. The lowest BCUT2D eigenvalue weighted by atomic mass is 9.89. The van der Waals surface area contributed by atoms with E-state index in [1.165, 1.54) is 0 Å². The minimum Gasteiger partial charge on any atom is -0.478 e. The van der Waals surface area contributed by atoms with Gasteiger partial charge in [-0.15, -0.1) is 0 Å². The summed E-state index contributed by atoms with van der Waals surface area (Å²) in [6, 6.07) is 5.66. The van der Waals surface area contributed by atoms with Crippen molar-refractivity contribution in [2.75, 3.05) is 0 Å². The maximum Gasteiger partial charge on any atom is 0.336 e. The molecule has 3 nitrogen and oxygen atoms in total. The average molecular weight is 318 g/mol.